The fourth-order valence-corrected chi connectivity index (χ4v) is 1.98. The maximum Gasteiger partial charge on any atom is 0.326 e. The molecule has 20 heavy (non-hydrogen) atoms. The van der Waals surface area contributed by atoms with E-state index in [0.717, 1.165) is 12.8 Å². The Hall–Kier alpha value is -2.37. The first-order valence-corrected chi connectivity index (χ1v) is 6.38. The van der Waals surface area contributed by atoms with Crippen molar-refractivity contribution >= 4 is 17.8 Å². The molecule has 1 saturated carbocycles. The van der Waals surface area contributed by atoms with Crippen molar-refractivity contribution < 1.29 is 19.5 Å². The van der Waals surface area contributed by atoms with Gasteiger partial charge in [-0.25, -0.2) is 4.79 Å². The van der Waals surface area contributed by atoms with E-state index in [2.05, 4.69) is 10.6 Å². The molecule has 1 unspecified atom stereocenters. The summed E-state index contributed by atoms with van der Waals surface area (Å²) >= 11 is 0. The second kappa shape index (κ2) is 5.73. The Balaban J connectivity index is 2.12. The molecule has 0 radical (unpaired) electrons. The van der Waals surface area contributed by atoms with E-state index >= 15 is 0 Å². The maximum absolute atomic E-state index is 12.0. The minimum Gasteiger partial charge on any atom is -0.480 e. The fourth-order valence-electron chi connectivity index (χ4n) is 1.98. The summed E-state index contributed by atoms with van der Waals surface area (Å²) in [6.45, 7) is 0. The minimum atomic E-state index is -1.02. The summed E-state index contributed by atoms with van der Waals surface area (Å²) in [4.78, 5) is 34.6. The molecule has 1 aliphatic rings. The third-order valence-corrected chi connectivity index (χ3v) is 3.26. The van der Waals surface area contributed by atoms with Crippen LogP contribution in [0.2, 0.25) is 0 Å². The van der Waals surface area contributed by atoms with Crippen LogP contribution in [0.25, 0.3) is 0 Å². The molecule has 6 nitrogen and oxygen atoms in total. The molecular weight excluding hydrogens is 260 g/mol. The molecule has 1 aromatic rings. The summed E-state index contributed by atoms with van der Waals surface area (Å²) in [5.41, 5.74) is 0.636. The molecule has 0 heterocycles. The number of aliphatic carboxylic acids is 1. The standard InChI is InChI=1S/C14H16N2O4/c1-15-12(17)9-3-2-4-10(7-9)13(18)16-11(14(19)20)8-5-6-8/h2-4,7-8,11H,5-6H2,1H3,(H,15,17)(H,16,18)(H,19,20). The van der Waals surface area contributed by atoms with Gasteiger partial charge in [-0.1, -0.05) is 6.07 Å². The van der Waals surface area contributed by atoms with Crippen LogP contribution < -0.4 is 10.6 Å². The number of nitrogens with one attached hydrogen (secondary N) is 2. The predicted octanol–water partition coefficient (Wildman–Crippen LogP) is 0.639. The molecule has 6 heteroatoms. The number of rotatable bonds is 5. The van der Waals surface area contributed by atoms with Gasteiger partial charge in [-0.3, -0.25) is 9.59 Å². The number of carboxylic acids is 1. The van der Waals surface area contributed by atoms with Gasteiger partial charge in [-0.05, 0) is 37.0 Å². The number of hydrogen-bond acceptors (Lipinski definition) is 3. The van der Waals surface area contributed by atoms with Crippen LogP contribution in [0.3, 0.4) is 0 Å². The van der Waals surface area contributed by atoms with Crippen molar-refractivity contribution in [3.05, 3.63) is 35.4 Å². The van der Waals surface area contributed by atoms with Gasteiger partial charge in [0.15, 0.2) is 0 Å². The summed E-state index contributed by atoms with van der Waals surface area (Å²) in [5.74, 6) is -1.78. The van der Waals surface area contributed by atoms with E-state index in [1.54, 1.807) is 18.2 Å². The van der Waals surface area contributed by atoms with Crippen LogP contribution in [0.4, 0.5) is 0 Å². The van der Waals surface area contributed by atoms with E-state index in [0.29, 0.717) is 5.56 Å². The molecule has 0 bridgehead atoms. The second-order valence-corrected chi connectivity index (χ2v) is 4.79. The lowest BCUT2D eigenvalue weighted by atomic mass is 10.1. The molecule has 0 saturated heterocycles. The van der Waals surface area contributed by atoms with E-state index in [9.17, 15) is 14.4 Å². The topological polar surface area (TPSA) is 95.5 Å². The first-order chi connectivity index (χ1) is 9.52. The van der Waals surface area contributed by atoms with Gasteiger partial charge in [-0.2, -0.15) is 0 Å². The maximum atomic E-state index is 12.0. The number of carbonyl (C=O) groups is 3. The monoisotopic (exact) mass is 276 g/mol. The highest BCUT2D eigenvalue weighted by Gasteiger charge is 2.37. The molecule has 2 amide bonds. The van der Waals surface area contributed by atoms with Crippen LogP contribution in [-0.4, -0.2) is 36.0 Å². The zero-order valence-electron chi connectivity index (χ0n) is 11.1. The van der Waals surface area contributed by atoms with Gasteiger partial charge in [-0.15, -0.1) is 0 Å². The molecule has 106 valence electrons. The van der Waals surface area contributed by atoms with Gasteiger partial charge in [0.1, 0.15) is 6.04 Å². The quantitative estimate of drug-likeness (QED) is 0.735. The molecule has 1 aliphatic carbocycles. The Morgan fingerprint density at radius 2 is 1.80 bits per heavy atom. The van der Waals surface area contributed by atoms with Gasteiger partial charge in [0, 0.05) is 18.2 Å². The van der Waals surface area contributed by atoms with Gasteiger partial charge in [0.05, 0.1) is 0 Å². The smallest absolute Gasteiger partial charge is 0.326 e. The molecule has 0 spiro atoms. The summed E-state index contributed by atoms with van der Waals surface area (Å²) in [5, 5.41) is 14.1. The van der Waals surface area contributed by atoms with Gasteiger partial charge in [0.2, 0.25) is 0 Å². The lowest BCUT2D eigenvalue weighted by Gasteiger charge is -2.13. The van der Waals surface area contributed by atoms with Gasteiger partial charge < -0.3 is 15.7 Å². The number of hydrogen-bond donors (Lipinski definition) is 3. The van der Waals surface area contributed by atoms with Gasteiger partial charge in [0.25, 0.3) is 11.8 Å². The molecule has 1 fully saturated rings. The normalized spacial score (nSPS) is 15.2. The lowest BCUT2D eigenvalue weighted by Crippen LogP contribution is -2.42. The van der Waals surface area contributed by atoms with Crippen LogP contribution >= 0.6 is 0 Å². The third-order valence-electron chi connectivity index (χ3n) is 3.26. The van der Waals surface area contributed by atoms with Crippen molar-refractivity contribution in [2.45, 2.75) is 18.9 Å². The molecule has 0 aromatic heterocycles. The number of amides is 2. The minimum absolute atomic E-state index is 0.0126. The Morgan fingerprint density at radius 3 is 2.30 bits per heavy atom. The molecular formula is C14H16N2O4. The van der Waals surface area contributed by atoms with E-state index < -0.39 is 17.9 Å². The van der Waals surface area contributed by atoms with Crippen LogP contribution in [0, 0.1) is 5.92 Å². The van der Waals surface area contributed by atoms with Crippen molar-refractivity contribution in [1.82, 2.24) is 10.6 Å². The first kappa shape index (κ1) is 14.0. The highest BCUT2D eigenvalue weighted by atomic mass is 16.4. The Kier molecular flexibility index (Phi) is 4.02. The average molecular weight is 276 g/mol. The molecule has 1 atom stereocenters. The molecule has 0 aliphatic heterocycles. The first-order valence-electron chi connectivity index (χ1n) is 6.38. The SMILES string of the molecule is CNC(=O)c1cccc(C(=O)NC(C(=O)O)C2CC2)c1. The zero-order chi connectivity index (χ0) is 14.7. The van der Waals surface area contributed by atoms with Crippen molar-refractivity contribution in [2.24, 2.45) is 5.92 Å². The number of carboxylic acid groups (broad SMARTS) is 1. The summed E-state index contributed by atoms with van der Waals surface area (Å²) in [7, 11) is 1.50. The van der Waals surface area contributed by atoms with E-state index in [4.69, 9.17) is 5.11 Å². The lowest BCUT2D eigenvalue weighted by molar-refractivity contribution is -0.139. The average Bonchev–Trinajstić information content (AvgIpc) is 3.27. The van der Waals surface area contributed by atoms with Crippen molar-refractivity contribution in [1.29, 1.82) is 0 Å². The Labute approximate surface area is 116 Å². The summed E-state index contributed by atoms with van der Waals surface area (Å²) in [6, 6.07) is 5.32. The largest absolute Gasteiger partial charge is 0.480 e. The molecule has 2 rings (SSSR count). The highest BCUT2D eigenvalue weighted by Crippen LogP contribution is 2.32. The Bertz CT molecular complexity index is 552. The van der Waals surface area contributed by atoms with Crippen molar-refractivity contribution in [3.63, 3.8) is 0 Å². The van der Waals surface area contributed by atoms with Crippen LogP contribution in [0.5, 0.6) is 0 Å². The summed E-state index contributed by atoms with van der Waals surface area (Å²) in [6.07, 6.45) is 1.63. The fraction of sp³-hybridized carbons (Fsp3) is 0.357. The highest BCUT2D eigenvalue weighted by molar-refractivity contribution is 6.00. The zero-order valence-corrected chi connectivity index (χ0v) is 11.1. The Morgan fingerprint density at radius 1 is 1.20 bits per heavy atom. The van der Waals surface area contributed by atoms with Crippen molar-refractivity contribution in [2.75, 3.05) is 7.05 Å². The van der Waals surface area contributed by atoms with E-state index in [1.165, 1.54) is 13.1 Å². The number of carbonyl (C=O) groups excluding carboxylic acids is 2. The van der Waals surface area contributed by atoms with E-state index in [1.807, 2.05) is 0 Å². The second-order valence-electron chi connectivity index (χ2n) is 4.79. The molecule has 1 aromatic carbocycles. The molecule has 3 N–H and O–H groups in total. The van der Waals surface area contributed by atoms with Crippen LogP contribution in [-0.2, 0) is 4.79 Å². The van der Waals surface area contributed by atoms with Gasteiger partial charge >= 0.3 is 5.97 Å². The van der Waals surface area contributed by atoms with Crippen LogP contribution in [0.15, 0.2) is 24.3 Å². The van der Waals surface area contributed by atoms with E-state index in [-0.39, 0.29) is 17.4 Å². The number of benzene rings is 1. The summed E-state index contributed by atoms with van der Waals surface area (Å²) < 4.78 is 0. The third kappa shape index (κ3) is 3.14. The van der Waals surface area contributed by atoms with Crippen molar-refractivity contribution in [3.8, 4) is 0 Å². The predicted molar refractivity (Wildman–Crippen MR) is 71.4 cm³/mol. The van der Waals surface area contributed by atoms with Crippen LogP contribution in [0.1, 0.15) is 33.6 Å².